The zero-order valence-corrected chi connectivity index (χ0v) is 13.3. The zero-order valence-electron chi connectivity index (χ0n) is 12.5. The first kappa shape index (κ1) is 14.6. The van der Waals surface area contributed by atoms with Gasteiger partial charge in [0.1, 0.15) is 11.4 Å². The second-order valence-corrected chi connectivity index (χ2v) is 6.32. The molecule has 118 valence electrons. The van der Waals surface area contributed by atoms with Crippen LogP contribution in [0.4, 0.5) is 0 Å². The molecular formula is C18H12N2O3S. The molecule has 0 spiro atoms. The van der Waals surface area contributed by atoms with Gasteiger partial charge in [0, 0.05) is 10.9 Å². The first-order chi connectivity index (χ1) is 11.6. The molecular weight excluding hydrogens is 324 g/mol. The molecule has 5 nitrogen and oxygen atoms in total. The Kier molecular flexibility index (Phi) is 3.39. The molecule has 0 unspecified atom stereocenters. The highest BCUT2D eigenvalue weighted by Crippen LogP contribution is 2.32. The topological polar surface area (TPSA) is 72.2 Å². The summed E-state index contributed by atoms with van der Waals surface area (Å²) < 4.78 is 1.13. The number of hydrogen-bond acceptors (Lipinski definition) is 4. The minimum atomic E-state index is -1.07. The van der Waals surface area contributed by atoms with E-state index in [0.717, 1.165) is 26.5 Å². The van der Waals surface area contributed by atoms with Crippen molar-refractivity contribution in [2.24, 2.45) is 0 Å². The van der Waals surface area contributed by atoms with Crippen molar-refractivity contribution >= 4 is 38.3 Å². The number of hydrogen-bond donors (Lipinski definition) is 1. The maximum Gasteiger partial charge on any atom is 0.323 e. The molecule has 0 atom stereocenters. The lowest BCUT2D eigenvalue weighted by Crippen LogP contribution is -2.24. The third-order valence-corrected chi connectivity index (χ3v) is 4.81. The lowest BCUT2D eigenvalue weighted by Gasteiger charge is -2.05. The third-order valence-electron chi connectivity index (χ3n) is 3.93. The molecule has 4 aromatic rings. The predicted molar refractivity (Wildman–Crippen MR) is 94.5 cm³/mol. The Balaban J connectivity index is 1.95. The Morgan fingerprint density at radius 2 is 1.96 bits per heavy atom. The smallest absolute Gasteiger partial charge is 0.323 e. The summed E-state index contributed by atoms with van der Waals surface area (Å²) in [5, 5.41) is 13.5. The summed E-state index contributed by atoms with van der Waals surface area (Å²) in [7, 11) is 0. The molecule has 0 aliphatic rings. The van der Waals surface area contributed by atoms with E-state index < -0.39 is 12.5 Å². The number of nitrogens with zero attached hydrogens (tertiary/aromatic N) is 2. The summed E-state index contributed by atoms with van der Waals surface area (Å²) >= 11 is 1.38. The van der Waals surface area contributed by atoms with Gasteiger partial charge >= 0.3 is 5.97 Å². The van der Waals surface area contributed by atoms with Gasteiger partial charge in [-0.2, -0.15) is 0 Å². The highest BCUT2D eigenvalue weighted by atomic mass is 32.1. The van der Waals surface area contributed by atoms with Crippen molar-refractivity contribution in [3.63, 3.8) is 0 Å². The minimum absolute atomic E-state index is 0.327. The van der Waals surface area contributed by atoms with Gasteiger partial charge in [-0.1, -0.05) is 36.4 Å². The average molecular weight is 336 g/mol. The van der Waals surface area contributed by atoms with Crippen LogP contribution in [0.5, 0.6) is 0 Å². The molecule has 0 amide bonds. The Morgan fingerprint density at radius 3 is 2.75 bits per heavy atom. The molecule has 0 bridgehead atoms. The van der Waals surface area contributed by atoms with Gasteiger partial charge in [-0.3, -0.25) is 14.2 Å². The second-order valence-electron chi connectivity index (χ2n) is 5.46. The maximum absolute atomic E-state index is 12.6. The van der Waals surface area contributed by atoms with Gasteiger partial charge in [-0.25, -0.2) is 4.98 Å². The number of benzene rings is 2. The highest BCUT2D eigenvalue weighted by molar-refractivity contribution is 7.17. The first-order valence-corrected chi connectivity index (χ1v) is 8.19. The maximum atomic E-state index is 12.6. The van der Waals surface area contributed by atoms with E-state index in [1.807, 2.05) is 47.8 Å². The van der Waals surface area contributed by atoms with E-state index >= 15 is 0 Å². The van der Waals surface area contributed by atoms with Crippen LogP contribution in [0.2, 0.25) is 0 Å². The molecule has 0 radical (unpaired) electrons. The molecule has 1 N–H and O–H groups in total. The summed E-state index contributed by atoms with van der Waals surface area (Å²) in [6.07, 6.45) is 1.29. The van der Waals surface area contributed by atoms with E-state index in [1.54, 1.807) is 0 Å². The standard InChI is InChI=1S/C18H12N2O3S/c21-15(22)8-20-10-19-17-16(18(20)23)14(9-24-17)13-6-5-11-3-1-2-4-12(11)7-13/h1-7,9-10H,8H2,(H,21,22). The SMILES string of the molecule is O=C(O)Cn1cnc2scc(-c3ccc4ccccc4c3)c2c1=O. The molecule has 4 rings (SSSR count). The first-order valence-electron chi connectivity index (χ1n) is 7.31. The van der Waals surface area contributed by atoms with Gasteiger partial charge in [0.05, 0.1) is 11.7 Å². The fraction of sp³-hybridized carbons (Fsp3) is 0.0556. The van der Waals surface area contributed by atoms with Crippen molar-refractivity contribution in [1.82, 2.24) is 9.55 Å². The van der Waals surface area contributed by atoms with Gasteiger partial charge in [0.25, 0.3) is 5.56 Å². The van der Waals surface area contributed by atoms with Gasteiger partial charge in [-0.05, 0) is 22.4 Å². The quantitative estimate of drug-likeness (QED) is 0.623. The third kappa shape index (κ3) is 2.37. The molecule has 6 heteroatoms. The van der Waals surface area contributed by atoms with Crippen LogP contribution in [0.1, 0.15) is 0 Å². The second kappa shape index (κ2) is 5.58. The number of thiophene rings is 1. The summed E-state index contributed by atoms with van der Waals surface area (Å²) in [4.78, 5) is 28.4. The van der Waals surface area contributed by atoms with Crippen LogP contribution in [-0.4, -0.2) is 20.6 Å². The van der Waals surface area contributed by atoms with E-state index in [4.69, 9.17) is 5.11 Å². The van der Waals surface area contributed by atoms with Crippen LogP contribution in [0.3, 0.4) is 0 Å². The number of carbonyl (C=O) groups is 1. The molecule has 2 aromatic heterocycles. The van der Waals surface area contributed by atoms with Crippen LogP contribution in [0.15, 0.2) is 59.0 Å². The highest BCUT2D eigenvalue weighted by Gasteiger charge is 2.14. The number of carboxylic acids is 1. The fourth-order valence-corrected chi connectivity index (χ4v) is 3.70. The normalized spacial score (nSPS) is 11.2. The summed E-state index contributed by atoms with van der Waals surface area (Å²) in [6, 6.07) is 14.0. The number of fused-ring (bicyclic) bond motifs is 2. The zero-order chi connectivity index (χ0) is 16.7. The van der Waals surface area contributed by atoms with Crippen molar-refractivity contribution in [3.05, 3.63) is 64.5 Å². The molecule has 0 aliphatic carbocycles. The van der Waals surface area contributed by atoms with E-state index in [-0.39, 0.29) is 5.56 Å². The Labute approximate surface area is 140 Å². The van der Waals surface area contributed by atoms with Crippen LogP contribution in [0.25, 0.3) is 32.1 Å². The van der Waals surface area contributed by atoms with Crippen molar-refractivity contribution in [2.75, 3.05) is 0 Å². The lowest BCUT2D eigenvalue weighted by molar-refractivity contribution is -0.137. The molecule has 24 heavy (non-hydrogen) atoms. The molecule has 0 saturated carbocycles. The Bertz CT molecular complexity index is 1140. The van der Waals surface area contributed by atoms with Crippen LogP contribution < -0.4 is 5.56 Å². The molecule has 0 fully saturated rings. The molecule has 0 aliphatic heterocycles. The summed E-state index contributed by atoms with van der Waals surface area (Å²) in [6.45, 7) is -0.394. The Morgan fingerprint density at radius 1 is 1.17 bits per heavy atom. The lowest BCUT2D eigenvalue weighted by atomic mass is 10.0. The van der Waals surface area contributed by atoms with Crippen molar-refractivity contribution in [3.8, 4) is 11.1 Å². The van der Waals surface area contributed by atoms with E-state index in [2.05, 4.69) is 4.98 Å². The summed E-state index contributed by atoms with van der Waals surface area (Å²) in [5.74, 6) is -1.07. The number of aliphatic carboxylic acids is 1. The average Bonchev–Trinajstić information content (AvgIpc) is 3.01. The van der Waals surface area contributed by atoms with Gasteiger partial charge < -0.3 is 5.11 Å². The van der Waals surface area contributed by atoms with Crippen LogP contribution in [-0.2, 0) is 11.3 Å². The largest absolute Gasteiger partial charge is 0.480 e. The molecule has 2 heterocycles. The van der Waals surface area contributed by atoms with Gasteiger partial charge in [0.15, 0.2) is 0 Å². The van der Waals surface area contributed by atoms with Crippen LogP contribution in [0, 0.1) is 0 Å². The molecule has 0 saturated heterocycles. The van der Waals surface area contributed by atoms with Gasteiger partial charge in [0.2, 0.25) is 0 Å². The predicted octanol–water partition coefficient (Wildman–Crippen LogP) is 3.36. The Hall–Kier alpha value is -2.99. The van der Waals surface area contributed by atoms with E-state index in [9.17, 15) is 9.59 Å². The number of carboxylic acid groups (broad SMARTS) is 1. The number of aromatic nitrogens is 2. The minimum Gasteiger partial charge on any atom is -0.480 e. The van der Waals surface area contributed by atoms with E-state index in [1.165, 1.54) is 17.7 Å². The van der Waals surface area contributed by atoms with Crippen molar-refractivity contribution in [1.29, 1.82) is 0 Å². The molecule has 2 aromatic carbocycles. The van der Waals surface area contributed by atoms with Crippen molar-refractivity contribution < 1.29 is 9.90 Å². The number of rotatable bonds is 3. The van der Waals surface area contributed by atoms with Gasteiger partial charge in [-0.15, -0.1) is 11.3 Å². The van der Waals surface area contributed by atoms with E-state index in [0.29, 0.717) is 10.2 Å². The fourth-order valence-electron chi connectivity index (χ4n) is 2.80. The van der Waals surface area contributed by atoms with Crippen LogP contribution >= 0.6 is 11.3 Å². The summed E-state index contributed by atoms with van der Waals surface area (Å²) in [5.41, 5.74) is 1.39. The monoisotopic (exact) mass is 336 g/mol. The van der Waals surface area contributed by atoms with Crippen molar-refractivity contribution in [2.45, 2.75) is 6.54 Å².